The molecular weight excluding hydrogens is 165 g/mol. The molecule has 0 aromatic rings. The van der Waals surface area contributed by atoms with E-state index in [0.717, 1.165) is 19.3 Å². The monoisotopic (exact) mass is 185 g/mol. The summed E-state index contributed by atoms with van der Waals surface area (Å²) in [6, 6.07) is 0. The highest BCUT2D eigenvalue weighted by Gasteiger charge is 2.46. The predicted molar refractivity (Wildman–Crippen MR) is 52.2 cm³/mol. The average molecular weight is 185 g/mol. The van der Waals surface area contributed by atoms with Crippen molar-refractivity contribution in [2.75, 3.05) is 0 Å². The number of rotatable bonds is 3. The van der Waals surface area contributed by atoms with E-state index >= 15 is 0 Å². The van der Waals surface area contributed by atoms with Crippen molar-refractivity contribution >= 4 is 0 Å². The van der Waals surface area contributed by atoms with Crippen LogP contribution in [-0.2, 0) is 0 Å². The van der Waals surface area contributed by atoms with Gasteiger partial charge < -0.3 is 5.73 Å². The molecule has 1 atom stereocenters. The van der Waals surface area contributed by atoms with E-state index in [0.29, 0.717) is 5.92 Å². The molecule has 0 saturated heterocycles. The van der Waals surface area contributed by atoms with Crippen LogP contribution in [0.1, 0.15) is 51.4 Å². The van der Waals surface area contributed by atoms with E-state index < -0.39 is 11.7 Å². The minimum atomic E-state index is -0.726. The van der Waals surface area contributed by atoms with Gasteiger partial charge in [-0.1, -0.05) is 32.1 Å². The van der Waals surface area contributed by atoms with Crippen LogP contribution in [0.5, 0.6) is 0 Å². The molecule has 13 heavy (non-hydrogen) atoms. The fourth-order valence-electron chi connectivity index (χ4n) is 2.41. The van der Waals surface area contributed by atoms with Crippen molar-refractivity contribution in [3.05, 3.63) is 0 Å². The second-order valence-corrected chi connectivity index (χ2v) is 4.94. The van der Waals surface area contributed by atoms with Crippen molar-refractivity contribution in [1.82, 2.24) is 0 Å². The normalized spacial score (nSPS) is 30.0. The third kappa shape index (κ3) is 2.22. The summed E-state index contributed by atoms with van der Waals surface area (Å²) < 4.78 is 13.6. The summed E-state index contributed by atoms with van der Waals surface area (Å²) in [6.07, 6.45) is 8.23. The van der Waals surface area contributed by atoms with E-state index in [1.165, 1.54) is 32.1 Å². The summed E-state index contributed by atoms with van der Waals surface area (Å²) in [4.78, 5) is 0. The van der Waals surface area contributed by atoms with E-state index in [4.69, 9.17) is 5.73 Å². The van der Waals surface area contributed by atoms with Crippen molar-refractivity contribution < 1.29 is 4.39 Å². The Morgan fingerprint density at radius 1 is 1.23 bits per heavy atom. The minimum Gasteiger partial charge on any atom is -0.323 e. The molecule has 2 N–H and O–H groups in total. The summed E-state index contributed by atoms with van der Waals surface area (Å²) in [7, 11) is 0. The van der Waals surface area contributed by atoms with Gasteiger partial charge in [0.25, 0.3) is 0 Å². The molecular formula is C11H20FN. The Balaban J connectivity index is 1.76. The van der Waals surface area contributed by atoms with Gasteiger partial charge in [0.1, 0.15) is 6.17 Å². The molecule has 0 amide bonds. The molecule has 2 aliphatic rings. The Labute approximate surface area is 79.9 Å². The Morgan fingerprint density at radius 3 is 2.38 bits per heavy atom. The molecule has 0 aromatic carbocycles. The van der Waals surface area contributed by atoms with Crippen LogP contribution >= 0.6 is 0 Å². The summed E-state index contributed by atoms with van der Waals surface area (Å²) in [5.41, 5.74) is 5.43. The molecule has 76 valence electrons. The fourth-order valence-corrected chi connectivity index (χ4v) is 2.41. The zero-order valence-electron chi connectivity index (χ0n) is 8.27. The standard InChI is InChI=1S/C11H20FN/c12-10(11(13)6-7-11)8-9-4-2-1-3-5-9/h9-10H,1-8,13H2. The van der Waals surface area contributed by atoms with Crippen LogP contribution < -0.4 is 5.73 Å². The molecule has 0 bridgehead atoms. The van der Waals surface area contributed by atoms with Crippen LogP contribution in [0.4, 0.5) is 4.39 Å². The Hall–Kier alpha value is -0.110. The third-order valence-electron chi connectivity index (χ3n) is 3.72. The van der Waals surface area contributed by atoms with E-state index in [2.05, 4.69) is 0 Å². The zero-order chi connectivity index (χ0) is 9.31. The van der Waals surface area contributed by atoms with Gasteiger partial charge in [-0.05, 0) is 25.2 Å². The van der Waals surface area contributed by atoms with Crippen LogP contribution in [0, 0.1) is 5.92 Å². The molecule has 1 nitrogen and oxygen atoms in total. The highest BCUT2D eigenvalue weighted by Crippen LogP contribution is 2.41. The predicted octanol–water partition coefficient (Wildman–Crippen LogP) is 2.79. The zero-order valence-corrected chi connectivity index (χ0v) is 8.27. The van der Waals surface area contributed by atoms with Gasteiger partial charge in [0.2, 0.25) is 0 Å². The first-order valence-corrected chi connectivity index (χ1v) is 5.64. The number of hydrogen-bond donors (Lipinski definition) is 1. The largest absolute Gasteiger partial charge is 0.323 e. The van der Waals surface area contributed by atoms with Gasteiger partial charge in [-0.15, -0.1) is 0 Å². The molecule has 2 saturated carbocycles. The second kappa shape index (κ2) is 3.56. The highest BCUT2D eigenvalue weighted by atomic mass is 19.1. The van der Waals surface area contributed by atoms with Crippen LogP contribution in [0.2, 0.25) is 0 Å². The lowest BCUT2D eigenvalue weighted by Gasteiger charge is -2.25. The molecule has 2 heteroatoms. The number of hydrogen-bond acceptors (Lipinski definition) is 1. The molecule has 2 rings (SSSR count). The molecule has 2 fully saturated rings. The molecule has 0 radical (unpaired) electrons. The van der Waals surface area contributed by atoms with Gasteiger partial charge in [0.05, 0.1) is 0 Å². The maximum Gasteiger partial charge on any atom is 0.118 e. The van der Waals surface area contributed by atoms with Gasteiger partial charge in [0, 0.05) is 5.54 Å². The number of nitrogens with two attached hydrogens (primary N) is 1. The summed E-state index contributed by atoms with van der Waals surface area (Å²) in [5, 5.41) is 0. The second-order valence-electron chi connectivity index (χ2n) is 4.94. The van der Waals surface area contributed by atoms with E-state index in [-0.39, 0.29) is 0 Å². The van der Waals surface area contributed by atoms with Gasteiger partial charge >= 0.3 is 0 Å². The number of alkyl halides is 1. The van der Waals surface area contributed by atoms with Gasteiger partial charge in [-0.3, -0.25) is 0 Å². The van der Waals surface area contributed by atoms with Crippen molar-refractivity contribution in [3.8, 4) is 0 Å². The maximum atomic E-state index is 13.6. The first-order valence-electron chi connectivity index (χ1n) is 5.64. The van der Waals surface area contributed by atoms with Gasteiger partial charge in [0.15, 0.2) is 0 Å². The van der Waals surface area contributed by atoms with E-state index in [1.807, 2.05) is 0 Å². The first-order chi connectivity index (χ1) is 6.21. The summed E-state index contributed by atoms with van der Waals surface area (Å²) >= 11 is 0. The first kappa shape index (κ1) is 9.45. The lowest BCUT2D eigenvalue weighted by Crippen LogP contribution is -2.35. The van der Waals surface area contributed by atoms with Crippen LogP contribution in [0.3, 0.4) is 0 Å². The van der Waals surface area contributed by atoms with Crippen molar-refractivity contribution in [1.29, 1.82) is 0 Å². The minimum absolute atomic E-state index is 0.405. The SMILES string of the molecule is NC1(C(F)CC2CCCCC2)CC1. The van der Waals surface area contributed by atoms with Crippen LogP contribution in [0.25, 0.3) is 0 Å². The Bertz CT molecular complexity index is 171. The topological polar surface area (TPSA) is 26.0 Å². The van der Waals surface area contributed by atoms with Crippen LogP contribution in [0.15, 0.2) is 0 Å². The molecule has 2 aliphatic carbocycles. The molecule has 0 aromatic heterocycles. The van der Waals surface area contributed by atoms with Crippen molar-refractivity contribution in [2.45, 2.75) is 63.1 Å². The van der Waals surface area contributed by atoms with Crippen molar-refractivity contribution in [3.63, 3.8) is 0 Å². The van der Waals surface area contributed by atoms with Gasteiger partial charge in [-0.2, -0.15) is 0 Å². The molecule has 0 aliphatic heterocycles. The Kier molecular flexibility index (Phi) is 2.59. The molecule has 1 unspecified atom stereocenters. The fraction of sp³-hybridized carbons (Fsp3) is 1.00. The average Bonchev–Trinajstić information content (AvgIpc) is 2.87. The van der Waals surface area contributed by atoms with Crippen molar-refractivity contribution in [2.24, 2.45) is 11.7 Å². The quantitative estimate of drug-likeness (QED) is 0.719. The number of halogens is 1. The third-order valence-corrected chi connectivity index (χ3v) is 3.72. The van der Waals surface area contributed by atoms with Crippen LogP contribution in [-0.4, -0.2) is 11.7 Å². The lowest BCUT2D eigenvalue weighted by molar-refractivity contribution is 0.193. The van der Waals surface area contributed by atoms with Gasteiger partial charge in [-0.25, -0.2) is 4.39 Å². The molecule has 0 spiro atoms. The smallest absolute Gasteiger partial charge is 0.118 e. The lowest BCUT2D eigenvalue weighted by atomic mass is 9.84. The maximum absolute atomic E-state index is 13.6. The molecule has 0 heterocycles. The highest BCUT2D eigenvalue weighted by molar-refractivity contribution is 5.05. The Morgan fingerprint density at radius 2 is 1.85 bits per heavy atom. The van der Waals surface area contributed by atoms with E-state index in [9.17, 15) is 4.39 Å². The summed E-state index contributed by atoms with van der Waals surface area (Å²) in [5.74, 6) is 0.629. The summed E-state index contributed by atoms with van der Waals surface area (Å²) in [6.45, 7) is 0. The van der Waals surface area contributed by atoms with E-state index in [1.54, 1.807) is 0 Å².